The second kappa shape index (κ2) is 8.44. The van der Waals surface area contributed by atoms with Crippen molar-refractivity contribution in [2.45, 2.75) is 24.9 Å². The summed E-state index contributed by atoms with van der Waals surface area (Å²) in [6, 6.07) is 26.5. The minimum absolute atomic E-state index is 0.116. The van der Waals surface area contributed by atoms with Gasteiger partial charge in [0, 0.05) is 5.56 Å². The van der Waals surface area contributed by atoms with E-state index >= 15 is 0 Å². The van der Waals surface area contributed by atoms with Crippen LogP contribution in [0.4, 0.5) is 11.4 Å². The van der Waals surface area contributed by atoms with Crippen LogP contribution in [0.15, 0.2) is 83.9 Å². The summed E-state index contributed by atoms with van der Waals surface area (Å²) >= 11 is 2.02. The molecule has 5 rings (SSSR count). The van der Waals surface area contributed by atoms with Crippen molar-refractivity contribution in [3.63, 3.8) is 0 Å². The Bertz CT molecular complexity index is 1050. The molecule has 0 aromatic heterocycles. The van der Waals surface area contributed by atoms with Gasteiger partial charge < -0.3 is 15.4 Å². The largest absolute Gasteiger partial charge is 0.457 e. The lowest BCUT2D eigenvalue weighted by atomic mass is 9.87. The van der Waals surface area contributed by atoms with Crippen molar-refractivity contribution >= 4 is 29.0 Å². The van der Waals surface area contributed by atoms with Crippen molar-refractivity contribution in [3.05, 3.63) is 84.4 Å². The quantitative estimate of drug-likeness (QED) is 0.534. The molecule has 0 saturated carbocycles. The fourth-order valence-electron chi connectivity index (χ4n) is 4.05. The van der Waals surface area contributed by atoms with Crippen LogP contribution in [0.1, 0.15) is 18.4 Å². The van der Waals surface area contributed by atoms with Gasteiger partial charge in [0.05, 0.1) is 23.5 Å². The number of anilines is 2. The number of benzene rings is 3. The molecule has 30 heavy (non-hydrogen) atoms. The van der Waals surface area contributed by atoms with Crippen molar-refractivity contribution in [2.75, 3.05) is 22.1 Å². The third-order valence-corrected chi connectivity index (χ3v) is 6.69. The number of nitrogens with zero attached hydrogens (tertiary/aromatic N) is 1. The number of fused-ring (bicyclic) bond motifs is 1. The van der Waals surface area contributed by atoms with Crippen molar-refractivity contribution < 1.29 is 4.74 Å². The molecule has 0 aliphatic carbocycles. The first kappa shape index (κ1) is 19.1. The van der Waals surface area contributed by atoms with E-state index in [4.69, 9.17) is 9.73 Å². The zero-order chi connectivity index (χ0) is 20.2. The third-order valence-electron chi connectivity index (χ3n) is 5.70. The monoisotopic (exact) mass is 415 g/mol. The number of aliphatic imine (C=N–C) groups is 1. The first-order chi connectivity index (χ1) is 14.8. The molecule has 2 heterocycles. The topological polar surface area (TPSA) is 45.6 Å². The first-order valence-electron chi connectivity index (χ1n) is 10.4. The number of rotatable bonds is 4. The molecule has 0 atom stereocenters. The molecule has 2 aliphatic heterocycles. The number of ether oxygens (including phenoxy) is 1. The molecule has 5 heteroatoms. The predicted molar refractivity (Wildman–Crippen MR) is 127 cm³/mol. The lowest BCUT2D eigenvalue weighted by Gasteiger charge is -2.43. The second-order valence-electron chi connectivity index (χ2n) is 7.68. The highest BCUT2D eigenvalue weighted by atomic mass is 32.2. The maximum Gasteiger partial charge on any atom is 0.132 e. The average Bonchev–Trinajstić information content (AvgIpc) is 2.80. The van der Waals surface area contributed by atoms with Crippen LogP contribution in [-0.2, 0) is 6.54 Å². The molecule has 2 aliphatic rings. The average molecular weight is 416 g/mol. The van der Waals surface area contributed by atoms with Crippen LogP contribution in [-0.4, -0.2) is 22.9 Å². The van der Waals surface area contributed by atoms with Gasteiger partial charge in [0.25, 0.3) is 0 Å². The first-order valence-corrected chi connectivity index (χ1v) is 11.6. The Balaban J connectivity index is 1.44. The lowest BCUT2D eigenvalue weighted by molar-refractivity contribution is 0.476. The van der Waals surface area contributed by atoms with Crippen molar-refractivity contribution in [1.82, 2.24) is 0 Å². The summed E-state index contributed by atoms with van der Waals surface area (Å²) in [7, 11) is 0. The normalized spacial score (nSPS) is 18.3. The van der Waals surface area contributed by atoms with E-state index in [0.717, 1.165) is 58.6 Å². The highest BCUT2D eigenvalue weighted by Gasteiger charge is 2.41. The van der Waals surface area contributed by atoms with Crippen LogP contribution in [0.25, 0.3) is 0 Å². The van der Waals surface area contributed by atoms with Crippen LogP contribution in [0, 0.1) is 0 Å². The van der Waals surface area contributed by atoms with Gasteiger partial charge in [-0.25, -0.2) is 0 Å². The molecule has 0 unspecified atom stereocenters. The number of amidine groups is 1. The number of para-hydroxylation sites is 4. The van der Waals surface area contributed by atoms with E-state index in [9.17, 15) is 0 Å². The molecule has 0 radical (unpaired) electrons. The molecule has 1 saturated heterocycles. The van der Waals surface area contributed by atoms with E-state index in [1.165, 1.54) is 0 Å². The Hall–Kier alpha value is -2.92. The van der Waals surface area contributed by atoms with Crippen molar-refractivity contribution in [1.29, 1.82) is 0 Å². The number of hydrogen-bond donors (Lipinski definition) is 2. The fourth-order valence-corrected chi connectivity index (χ4v) is 5.24. The van der Waals surface area contributed by atoms with Gasteiger partial charge in [0.1, 0.15) is 17.3 Å². The van der Waals surface area contributed by atoms with E-state index in [2.05, 4.69) is 41.0 Å². The molecule has 1 spiro atoms. The van der Waals surface area contributed by atoms with Gasteiger partial charge in [0.15, 0.2) is 0 Å². The summed E-state index contributed by atoms with van der Waals surface area (Å²) < 4.78 is 6.13. The molecule has 1 fully saturated rings. The van der Waals surface area contributed by atoms with Crippen molar-refractivity contribution in [3.8, 4) is 11.5 Å². The van der Waals surface area contributed by atoms with Gasteiger partial charge in [-0.3, -0.25) is 4.99 Å². The van der Waals surface area contributed by atoms with E-state index in [0.29, 0.717) is 6.54 Å². The Morgan fingerprint density at radius 1 is 0.833 bits per heavy atom. The minimum Gasteiger partial charge on any atom is -0.457 e. The summed E-state index contributed by atoms with van der Waals surface area (Å²) in [6.45, 7) is 0.573. The van der Waals surface area contributed by atoms with Gasteiger partial charge in [-0.1, -0.05) is 48.5 Å². The lowest BCUT2D eigenvalue weighted by Crippen LogP contribution is -2.54. The van der Waals surface area contributed by atoms with E-state index in [1.54, 1.807) is 0 Å². The molecule has 0 bridgehead atoms. The summed E-state index contributed by atoms with van der Waals surface area (Å²) in [4.78, 5) is 5.09. The molecular weight excluding hydrogens is 390 g/mol. The maximum absolute atomic E-state index is 6.13. The Kier molecular flexibility index (Phi) is 5.37. The second-order valence-corrected chi connectivity index (χ2v) is 8.90. The summed E-state index contributed by atoms with van der Waals surface area (Å²) in [5, 5.41) is 7.45. The van der Waals surface area contributed by atoms with Gasteiger partial charge in [-0.05, 0) is 54.7 Å². The summed E-state index contributed by atoms with van der Waals surface area (Å²) in [5.74, 6) is 5.01. The fraction of sp³-hybridized carbons (Fsp3) is 0.240. The molecule has 3 aromatic carbocycles. The number of nitrogens with one attached hydrogen (secondary N) is 2. The third kappa shape index (κ3) is 3.90. The highest BCUT2D eigenvalue weighted by molar-refractivity contribution is 7.99. The van der Waals surface area contributed by atoms with E-state index in [-0.39, 0.29) is 5.54 Å². The van der Waals surface area contributed by atoms with Gasteiger partial charge in [-0.2, -0.15) is 11.8 Å². The maximum atomic E-state index is 6.13. The van der Waals surface area contributed by atoms with Crippen LogP contribution >= 0.6 is 11.8 Å². The summed E-state index contributed by atoms with van der Waals surface area (Å²) in [5.41, 5.74) is 3.22. The molecule has 152 valence electrons. The Labute approximate surface area is 181 Å². The van der Waals surface area contributed by atoms with Crippen LogP contribution < -0.4 is 15.4 Å². The van der Waals surface area contributed by atoms with Crippen LogP contribution in [0.3, 0.4) is 0 Å². The Morgan fingerprint density at radius 2 is 1.53 bits per heavy atom. The SMILES string of the molecule is c1ccc(Oc2ccccc2CN=C2Nc3ccccc3NC23CCSCC3)cc1. The minimum atomic E-state index is -0.116. The number of hydrogen-bond acceptors (Lipinski definition) is 4. The van der Waals surface area contributed by atoms with Crippen molar-refractivity contribution in [2.24, 2.45) is 4.99 Å². The van der Waals surface area contributed by atoms with Gasteiger partial charge >= 0.3 is 0 Å². The van der Waals surface area contributed by atoms with Crippen LogP contribution in [0.2, 0.25) is 0 Å². The molecule has 4 nitrogen and oxygen atoms in total. The van der Waals surface area contributed by atoms with E-state index < -0.39 is 0 Å². The molecule has 3 aromatic rings. The smallest absolute Gasteiger partial charge is 0.132 e. The zero-order valence-electron chi connectivity index (χ0n) is 16.8. The van der Waals surface area contributed by atoms with Gasteiger partial charge in [-0.15, -0.1) is 0 Å². The zero-order valence-corrected chi connectivity index (χ0v) is 17.6. The molecule has 0 amide bonds. The number of thioether (sulfide) groups is 1. The Morgan fingerprint density at radius 3 is 2.37 bits per heavy atom. The van der Waals surface area contributed by atoms with Crippen LogP contribution in [0.5, 0.6) is 11.5 Å². The highest BCUT2D eigenvalue weighted by Crippen LogP contribution is 2.39. The molecule has 2 N–H and O–H groups in total. The van der Waals surface area contributed by atoms with E-state index in [1.807, 2.05) is 60.3 Å². The predicted octanol–water partition coefficient (Wildman–Crippen LogP) is 6.18. The summed E-state index contributed by atoms with van der Waals surface area (Å²) in [6.07, 6.45) is 2.14. The van der Waals surface area contributed by atoms with Gasteiger partial charge in [0.2, 0.25) is 0 Å². The standard InChI is InChI=1S/C25H25N3OS/c1-2-9-20(10-3-1)29-23-13-7-4-8-19(23)18-26-24-25(14-16-30-17-15-25)28-22-12-6-5-11-21(22)27-24/h1-13,28H,14-18H2,(H,26,27). The molecular formula is C25H25N3OS.